The Labute approximate surface area is 97.7 Å². The Balaban J connectivity index is 2.93. The van der Waals surface area contributed by atoms with Crippen molar-refractivity contribution < 1.29 is 19.1 Å². The van der Waals surface area contributed by atoms with Crippen molar-refractivity contribution in [1.82, 2.24) is 4.90 Å². The minimum atomic E-state index is -1.12. The molecule has 1 atom stereocenters. The number of hydrogen-bond acceptors (Lipinski definition) is 3. The second-order valence-corrected chi connectivity index (χ2v) is 3.50. The van der Waals surface area contributed by atoms with Crippen LogP contribution in [0.25, 0.3) is 0 Å². The molecule has 1 aliphatic heterocycles. The zero-order valence-electron chi connectivity index (χ0n) is 9.10. The Kier molecular flexibility index (Phi) is 4.03. The van der Waals surface area contributed by atoms with Gasteiger partial charge in [0.05, 0.1) is 0 Å². The van der Waals surface area contributed by atoms with Gasteiger partial charge in [-0.25, -0.2) is 9.18 Å². The molecular formula is C11H13FN2O3. The van der Waals surface area contributed by atoms with Crippen molar-refractivity contribution in [2.24, 2.45) is 5.73 Å². The Morgan fingerprint density at radius 3 is 2.76 bits per heavy atom. The second-order valence-electron chi connectivity index (χ2n) is 3.50. The van der Waals surface area contributed by atoms with E-state index in [1.54, 1.807) is 0 Å². The maximum Gasteiger partial charge on any atom is 0.326 e. The molecule has 1 rings (SSSR count). The summed E-state index contributed by atoms with van der Waals surface area (Å²) in [5.74, 6) is -2.21. The molecule has 1 heterocycles. The van der Waals surface area contributed by atoms with E-state index in [9.17, 15) is 14.0 Å². The van der Waals surface area contributed by atoms with Crippen molar-refractivity contribution in [3.63, 3.8) is 0 Å². The first-order chi connectivity index (χ1) is 7.97. The molecule has 1 fully saturated rings. The van der Waals surface area contributed by atoms with E-state index in [1.807, 2.05) is 0 Å². The van der Waals surface area contributed by atoms with Gasteiger partial charge in [-0.2, -0.15) is 0 Å². The predicted octanol–water partition coefficient (Wildman–Crippen LogP) is 0.901. The summed E-state index contributed by atoms with van der Waals surface area (Å²) in [6.07, 6.45) is 3.48. The van der Waals surface area contributed by atoms with Crippen LogP contribution in [0.15, 0.2) is 36.5 Å². The number of halogens is 1. The lowest BCUT2D eigenvalue weighted by atomic mass is 10.2. The third-order valence-corrected chi connectivity index (χ3v) is 2.38. The Bertz CT molecular complexity index is 415. The van der Waals surface area contributed by atoms with Crippen LogP contribution in [0, 0.1) is 0 Å². The van der Waals surface area contributed by atoms with Gasteiger partial charge in [0.2, 0.25) is 5.91 Å². The number of hydrogen-bond donors (Lipinski definition) is 2. The number of aliphatic carboxylic acids is 1. The van der Waals surface area contributed by atoms with Gasteiger partial charge in [0.25, 0.3) is 0 Å². The van der Waals surface area contributed by atoms with Gasteiger partial charge >= 0.3 is 5.97 Å². The molecule has 0 bridgehead atoms. The predicted molar refractivity (Wildman–Crippen MR) is 59.2 cm³/mol. The molecule has 0 aliphatic carbocycles. The van der Waals surface area contributed by atoms with E-state index < -0.39 is 17.8 Å². The highest BCUT2D eigenvalue weighted by Gasteiger charge is 2.37. The molecule has 1 aliphatic rings. The summed E-state index contributed by atoms with van der Waals surface area (Å²) < 4.78 is 12.8. The van der Waals surface area contributed by atoms with Crippen LogP contribution in [0.5, 0.6) is 0 Å². The lowest BCUT2D eigenvalue weighted by Crippen LogP contribution is -2.40. The number of allylic oxidation sites excluding steroid dienone is 4. The smallest absolute Gasteiger partial charge is 0.326 e. The topological polar surface area (TPSA) is 83.6 Å². The van der Waals surface area contributed by atoms with Crippen molar-refractivity contribution in [3.05, 3.63) is 36.5 Å². The summed E-state index contributed by atoms with van der Waals surface area (Å²) in [5, 5.41) is 8.89. The number of nitrogens with two attached hydrogens (primary N) is 1. The molecule has 0 spiro atoms. The molecule has 17 heavy (non-hydrogen) atoms. The lowest BCUT2D eigenvalue weighted by Gasteiger charge is -2.21. The summed E-state index contributed by atoms with van der Waals surface area (Å²) in [5.41, 5.74) is 5.56. The maximum atomic E-state index is 12.8. The second kappa shape index (κ2) is 5.29. The van der Waals surface area contributed by atoms with Crippen molar-refractivity contribution >= 4 is 11.9 Å². The van der Waals surface area contributed by atoms with Gasteiger partial charge in [-0.15, -0.1) is 0 Å². The molecule has 0 aromatic carbocycles. The number of likely N-dealkylation sites (tertiary alicyclic amines) is 1. The number of nitrogens with zero attached hydrogens (tertiary/aromatic N) is 1. The van der Waals surface area contributed by atoms with Crippen molar-refractivity contribution in [3.8, 4) is 0 Å². The molecule has 0 aromatic heterocycles. The van der Waals surface area contributed by atoms with Gasteiger partial charge in [-0.3, -0.25) is 9.69 Å². The lowest BCUT2D eigenvalue weighted by molar-refractivity contribution is -0.144. The van der Waals surface area contributed by atoms with E-state index in [0.29, 0.717) is 0 Å². The van der Waals surface area contributed by atoms with Gasteiger partial charge in [0.15, 0.2) is 0 Å². The molecule has 1 amide bonds. The molecule has 6 heteroatoms. The van der Waals surface area contributed by atoms with Crippen molar-refractivity contribution in [2.45, 2.75) is 18.9 Å². The first-order valence-electron chi connectivity index (χ1n) is 4.97. The monoisotopic (exact) mass is 240 g/mol. The van der Waals surface area contributed by atoms with E-state index in [-0.39, 0.29) is 24.6 Å². The third-order valence-electron chi connectivity index (χ3n) is 2.38. The van der Waals surface area contributed by atoms with Gasteiger partial charge in [-0.1, -0.05) is 6.58 Å². The average molecular weight is 240 g/mol. The van der Waals surface area contributed by atoms with E-state index in [4.69, 9.17) is 10.8 Å². The number of rotatable bonds is 4. The number of carbonyl (C=O) groups is 2. The minimum Gasteiger partial charge on any atom is -0.480 e. The zero-order valence-corrected chi connectivity index (χ0v) is 9.10. The number of carboxylic acids is 1. The van der Waals surface area contributed by atoms with Crippen LogP contribution in [0.1, 0.15) is 12.8 Å². The summed E-state index contributed by atoms with van der Waals surface area (Å²) in [4.78, 5) is 23.3. The average Bonchev–Trinajstić information content (AvgIpc) is 2.67. The zero-order chi connectivity index (χ0) is 13.0. The number of amides is 1. The maximum absolute atomic E-state index is 12.8. The molecule has 1 saturated heterocycles. The normalized spacial score (nSPS) is 21.8. The van der Waals surface area contributed by atoms with E-state index in [1.165, 1.54) is 0 Å². The number of carboxylic acid groups (broad SMARTS) is 1. The quantitative estimate of drug-likeness (QED) is 0.715. The Morgan fingerprint density at radius 2 is 2.24 bits per heavy atom. The van der Waals surface area contributed by atoms with Crippen LogP contribution in [0.3, 0.4) is 0 Å². The fourth-order valence-corrected chi connectivity index (χ4v) is 1.55. The third kappa shape index (κ3) is 2.93. The summed E-state index contributed by atoms with van der Waals surface area (Å²) in [6.45, 7) is 3.21. The molecule has 0 saturated carbocycles. The molecule has 0 radical (unpaired) electrons. The largest absolute Gasteiger partial charge is 0.480 e. The number of carbonyl (C=O) groups excluding carboxylic acids is 1. The standard InChI is InChI=1S/C11H13FN2O3/c1-2-7(12)3-5-9(13)14-8(11(16)17)4-6-10(14)15/h2-3,5,8H,1,4,6,13H2,(H,16,17)/b7-3+,9-5+/t8-/m0/s1. The van der Waals surface area contributed by atoms with Crippen LogP contribution in [-0.2, 0) is 9.59 Å². The van der Waals surface area contributed by atoms with Crippen LogP contribution < -0.4 is 5.73 Å². The first-order valence-corrected chi connectivity index (χ1v) is 4.97. The fourth-order valence-electron chi connectivity index (χ4n) is 1.55. The summed E-state index contributed by atoms with van der Waals surface area (Å²) >= 11 is 0. The van der Waals surface area contributed by atoms with E-state index in [0.717, 1.165) is 23.1 Å². The Morgan fingerprint density at radius 1 is 1.59 bits per heavy atom. The SMILES string of the molecule is C=C/C(F)=C\C=C(/N)N1C(=O)CC[C@H]1C(=O)O. The molecule has 0 unspecified atom stereocenters. The molecule has 3 N–H and O–H groups in total. The molecule has 0 aromatic rings. The highest BCUT2D eigenvalue weighted by atomic mass is 19.1. The van der Waals surface area contributed by atoms with Crippen molar-refractivity contribution in [2.75, 3.05) is 0 Å². The van der Waals surface area contributed by atoms with Crippen molar-refractivity contribution in [1.29, 1.82) is 0 Å². The van der Waals surface area contributed by atoms with Crippen LogP contribution in [-0.4, -0.2) is 27.9 Å². The minimum absolute atomic E-state index is 0.0862. The van der Waals surface area contributed by atoms with Crippen LogP contribution in [0.2, 0.25) is 0 Å². The van der Waals surface area contributed by atoms with Gasteiger partial charge in [-0.05, 0) is 24.6 Å². The van der Waals surface area contributed by atoms with Gasteiger partial charge < -0.3 is 10.8 Å². The summed E-state index contributed by atoms with van der Waals surface area (Å²) in [6, 6.07) is -0.973. The highest BCUT2D eigenvalue weighted by Crippen LogP contribution is 2.21. The molecule has 5 nitrogen and oxygen atoms in total. The molecular weight excluding hydrogens is 227 g/mol. The van der Waals surface area contributed by atoms with E-state index in [2.05, 4.69) is 6.58 Å². The van der Waals surface area contributed by atoms with E-state index >= 15 is 0 Å². The highest BCUT2D eigenvalue weighted by molar-refractivity contribution is 5.88. The van der Waals surface area contributed by atoms with Gasteiger partial charge in [0.1, 0.15) is 17.7 Å². The first kappa shape index (κ1) is 13.0. The Hall–Kier alpha value is -2.11. The molecule has 92 valence electrons. The van der Waals surface area contributed by atoms with Gasteiger partial charge in [0, 0.05) is 6.42 Å². The fraction of sp³-hybridized carbons (Fsp3) is 0.273. The van der Waals surface area contributed by atoms with Crippen LogP contribution >= 0.6 is 0 Å². The summed E-state index contributed by atoms with van der Waals surface area (Å²) in [7, 11) is 0. The van der Waals surface area contributed by atoms with Crippen LogP contribution in [0.4, 0.5) is 4.39 Å².